The monoisotopic (exact) mass is 452 g/mol. The minimum atomic E-state index is 0.411. The molecule has 0 unspecified atom stereocenters. The molecule has 1 N–H and O–H groups in total. The number of aromatic amines is 1. The number of likely N-dealkylation sites (tertiary alicyclic amines) is 1. The number of nitrogens with zero attached hydrogens (tertiary/aromatic N) is 5. The Morgan fingerprint density at radius 1 is 1.15 bits per heavy atom. The smallest absolute Gasteiger partial charge is 0.155 e. The van der Waals surface area contributed by atoms with Gasteiger partial charge in [0.2, 0.25) is 0 Å². The molecule has 2 aliphatic heterocycles. The zero-order valence-electron chi connectivity index (χ0n) is 20.3. The maximum absolute atomic E-state index is 4.37. The Morgan fingerprint density at radius 3 is 2.76 bits per heavy atom. The van der Waals surface area contributed by atoms with E-state index in [-0.39, 0.29) is 0 Å². The van der Waals surface area contributed by atoms with Crippen molar-refractivity contribution in [1.82, 2.24) is 24.5 Å². The predicted octanol–water partition coefficient (Wildman–Crippen LogP) is 5.50. The Morgan fingerprint density at radius 2 is 2.00 bits per heavy atom. The summed E-state index contributed by atoms with van der Waals surface area (Å²) in [6.45, 7) is 11.0. The van der Waals surface area contributed by atoms with Gasteiger partial charge in [-0.3, -0.25) is 9.89 Å². The van der Waals surface area contributed by atoms with Crippen LogP contribution in [0.5, 0.6) is 0 Å². The van der Waals surface area contributed by atoms with E-state index in [0.29, 0.717) is 11.8 Å². The highest BCUT2D eigenvalue weighted by molar-refractivity contribution is 5.92. The number of hydrogen-bond acceptors (Lipinski definition) is 4. The second kappa shape index (κ2) is 8.51. The number of aromatic nitrogens is 4. The number of allylic oxidation sites excluding steroid dienone is 1. The topological polar surface area (TPSA) is 61.6 Å². The van der Waals surface area contributed by atoms with Crippen LogP contribution in [0.4, 0.5) is 0 Å². The normalized spacial score (nSPS) is 17.5. The molecule has 1 aromatic carbocycles. The Hall–Kier alpha value is -3.25. The SMILES string of the molecule is Cc1cc2ncnn2cc1-c1[nH]c2ccc(C3CCN(CC4=CC=NC4)CC3)cc2c1C(C)C. The Kier molecular flexibility index (Phi) is 5.33. The van der Waals surface area contributed by atoms with Crippen LogP contribution >= 0.6 is 0 Å². The molecule has 6 rings (SSSR count). The van der Waals surface area contributed by atoms with Gasteiger partial charge in [0.25, 0.3) is 0 Å². The number of pyridine rings is 1. The van der Waals surface area contributed by atoms with Gasteiger partial charge in [-0.2, -0.15) is 5.10 Å². The van der Waals surface area contributed by atoms with Crippen molar-refractivity contribution in [3.63, 3.8) is 0 Å². The van der Waals surface area contributed by atoms with Crippen LogP contribution in [0.1, 0.15) is 55.2 Å². The summed E-state index contributed by atoms with van der Waals surface area (Å²) in [6, 6.07) is 9.21. The predicted molar refractivity (Wildman–Crippen MR) is 139 cm³/mol. The Bertz CT molecular complexity index is 1410. The van der Waals surface area contributed by atoms with Gasteiger partial charge in [-0.25, -0.2) is 9.50 Å². The molecule has 0 atom stereocenters. The summed E-state index contributed by atoms with van der Waals surface area (Å²) in [6.07, 6.45) is 10.3. The minimum Gasteiger partial charge on any atom is -0.354 e. The van der Waals surface area contributed by atoms with E-state index in [9.17, 15) is 0 Å². The van der Waals surface area contributed by atoms with E-state index in [1.54, 1.807) is 6.33 Å². The maximum Gasteiger partial charge on any atom is 0.155 e. The number of piperidine rings is 1. The number of nitrogens with one attached hydrogen (secondary N) is 1. The van der Waals surface area contributed by atoms with Gasteiger partial charge in [-0.1, -0.05) is 19.9 Å². The van der Waals surface area contributed by atoms with Crippen LogP contribution in [0.15, 0.2) is 53.4 Å². The fraction of sp³-hybridized carbons (Fsp3) is 0.393. The van der Waals surface area contributed by atoms with Gasteiger partial charge in [-0.15, -0.1) is 0 Å². The van der Waals surface area contributed by atoms with Crippen molar-refractivity contribution in [2.45, 2.75) is 45.4 Å². The van der Waals surface area contributed by atoms with E-state index in [2.05, 4.69) is 82.3 Å². The lowest BCUT2D eigenvalue weighted by Crippen LogP contribution is -2.34. The van der Waals surface area contributed by atoms with E-state index in [1.165, 1.54) is 57.3 Å². The molecule has 0 bridgehead atoms. The second-order valence-corrected chi connectivity index (χ2v) is 10.2. The Labute approximate surface area is 200 Å². The van der Waals surface area contributed by atoms with Gasteiger partial charge in [0.05, 0.1) is 12.2 Å². The molecule has 0 saturated carbocycles. The van der Waals surface area contributed by atoms with Gasteiger partial charge in [0.15, 0.2) is 5.65 Å². The standard InChI is InChI=1S/C28H32N6/c1-18(2)27-23-13-22(21-7-10-33(11-8-21)15-20-6-9-29-14-20)4-5-25(23)32-28(27)24-16-34-26(12-19(24)3)30-17-31-34/h4-6,9,12-13,16-18,21,32H,7-8,10-11,14-15H2,1-3H3. The fourth-order valence-corrected chi connectivity index (χ4v) is 5.71. The van der Waals surface area contributed by atoms with Gasteiger partial charge in [0.1, 0.15) is 6.33 Å². The zero-order chi connectivity index (χ0) is 23.2. The first-order valence-corrected chi connectivity index (χ1v) is 12.4. The minimum absolute atomic E-state index is 0.411. The quantitative estimate of drug-likeness (QED) is 0.435. The van der Waals surface area contributed by atoms with Crippen LogP contribution in [0, 0.1) is 6.92 Å². The van der Waals surface area contributed by atoms with Crippen LogP contribution in [0.2, 0.25) is 0 Å². The first-order chi connectivity index (χ1) is 16.6. The lowest BCUT2D eigenvalue weighted by Gasteiger charge is -2.32. The van der Waals surface area contributed by atoms with E-state index in [0.717, 1.165) is 31.8 Å². The van der Waals surface area contributed by atoms with Gasteiger partial charge < -0.3 is 4.98 Å². The van der Waals surface area contributed by atoms with Crippen molar-refractivity contribution in [2.24, 2.45) is 4.99 Å². The number of H-pyrrole nitrogens is 1. The molecule has 174 valence electrons. The fourth-order valence-electron chi connectivity index (χ4n) is 5.71. The van der Waals surface area contributed by atoms with Crippen molar-refractivity contribution in [3.8, 4) is 11.3 Å². The van der Waals surface area contributed by atoms with Crippen LogP contribution in [0.25, 0.3) is 27.8 Å². The maximum atomic E-state index is 4.37. The average molecular weight is 453 g/mol. The van der Waals surface area contributed by atoms with Crippen LogP contribution < -0.4 is 0 Å². The molecule has 5 heterocycles. The van der Waals surface area contributed by atoms with Crippen molar-refractivity contribution < 1.29 is 0 Å². The molecule has 34 heavy (non-hydrogen) atoms. The summed E-state index contributed by atoms with van der Waals surface area (Å²) in [5, 5.41) is 5.72. The number of rotatable bonds is 5. The number of aliphatic imine (C=N–C) groups is 1. The van der Waals surface area contributed by atoms with Gasteiger partial charge >= 0.3 is 0 Å². The molecule has 4 aromatic rings. The third kappa shape index (κ3) is 3.76. The molecule has 1 fully saturated rings. The number of hydrogen-bond donors (Lipinski definition) is 1. The summed E-state index contributed by atoms with van der Waals surface area (Å²) in [7, 11) is 0. The summed E-state index contributed by atoms with van der Waals surface area (Å²) in [5.41, 5.74) is 10.0. The largest absolute Gasteiger partial charge is 0.354 e. The number of aryl methyl sites for hydroxylation is 1. The van der Waals surface area contributed by atoms with Gasteiger partial charge in [0, 0.05) is 35.4 Å². The molecular weight excluding hydrogens is 420 g/mol. The van der Waals surface area contributed by atoms with Crippen molar-refractivity contribution in [1.29, 1.82) is 0 Å². The molecule has 6 nitrogen and oxygen atoms in total. The molecule has 6 heteroatoms. The lowest BCUT2D eigenvalue weighted by atomic mass is 9.87. The third-order valence-electron chi connectivity index (χ3n) is 7.53. The number of fused-ring (bicyclic) bond motifs is 2. The summed E-state index contributed by atoms with van der Waals surface area (Å²) in [4.78, 5) is 15.0. The molecular formula is C28H32N6. The highest BCUT2D eigenvalue weighted by Gasteiger charge is 2.24. The third-order valence-corrected chi connectivity index (χ3v) is 7.53. The van der Waals surface area contributed by atoms with E-state index in [4.69, 9.17) is 0 Å². The second-order valence-electron chi connectivity index (χ2n) is 10.2. The molecule has 0 spiro atoms. The van der Waals surface area contributed by atoms with Crippen LogP contribution in [0.3, 0.4) is 0 Å². The first-order valence-electron chi connectivity index (χ1n) is 12.4. The molecule has 0 aliphatic carbocycles. The summed E-state index contributed by atoms with van der Waals surface area (Å²) < 4.78 is 1.87. The summed E-state index contributed by atoms with van der Waals surface area (Å²) in [5.74, 6) is 1.04. The average Bonchev–Trinajstić information content (AvgIpc) is 3.58. The molecule has 2 aliphatic rings. The van der Waals surface area contributed by atoms with Crippen LogP contribution in [-0.2, 0) is 0 Å². The summed E-state index contributed by atoms with van der Waals surface area (Å²) >= 11 is 0. The van der Waals surface area contributed by atoms with E-state index >= 15 is 0 Å². The zero-order valence-corrected chi connectivity index (χ0v) is 20.3. The highest BCUT2D eigenvalue weighted by atomic mass is 15.3. The molecule has 0 radical (unpaired) electrons. The number of benzene rings is 1. The van der Waals surface area contributed by atoms with Crippen molar-refractivity contribution >= 4 is 22.8 Å². The Balaban J connectivity index is 1.31. The molecule has 0 amide bonds. The van der Waals surface area contributed by atoms with Gasteiger partial charge in [-0.05, 0) is 91.2 Å². The first kappa shape index (κ1) is 21.3. The van der Waals surface area contributed by atoms with Crippen molar-refractivity contribution in [2.75, 3.05) is 26.2 Å². The highest BCUT2D eigenvalue weighted by Crippen LogP contribution is 2.39. The van der Waals surface area contributed by atoms with Crippen molar-refractivity contribution in [3.05, 3.63) is 65.1 Å². The molecule has 3 aromatic heterocycles. The van der Waals surface area contributed by atoms with E-state index in [1.807, 2.05) is 10.7 Å². The van der Waals surface area contributed by atoms with E-state index < -0.39 is 0 Å². The van der Waals surface area contributed by atoms with Crippen LogP contribution in [-0.4, -0.2) is 56.9 Å². The lowest BCUT2D eigenvalue weighted by molar-refractivity contribution is 0.228. The molecule has 1 saturated heterocycles.